The first-order valence-electron chi connectivity index (χ1n) is 5.02. The number of nitrogens with zero attached hydrogens (tertiary/aromatic N) is 1. The smallest absolute Gasteiger partial charge is 0.108 e. The second kappa shape index (κ2) is 5.03. The minimum absolute atomic E-state index is 0.993. The predicted molar refractivity (Wildman–Crippen MR) is 67.3 cm³/mol. The van der Waals surface area contributed by atoms with E-state index in [4.69, 9.17) is 0 Å². The van der Waals surface area contributed by atoms with Gasteiger partial charge in [-0.2, -0.15) is 11.8 Å². The Hall–Kier alpha value is -1.22. The highest BCUT2D eigenvalue weighted by molar-refractivity contribution is 7.99. The molecule has 3 heteroatoms. The molecule has 2 rings (SSSR count). The van der Waals surface area contributed by atoms with Crippen LogP contribution in [0.2, 0.25) is 0 Å². The van der Waals surface area contributed by atoms with Gasteiger partial charge in [-0.1, -0.05) is 18.2 Å². The average Bonchev–Trinajstić information content (AvgIpc) is 2.67. The van der Waals surface area contributed by atoms with E-state index >= 15 is 0 Å². The molecule has 2 aromatic rings. The number of imidazole rings is 1. The van der Waals surface area contributed by atoms with Crippen LogP contribution in [0.15, 0.2) is 36.9 Å². The zero-order chi connectivity index (χ0) is 10.5. The molecular weight excluding hydrogens is 204 g/mol. The Labute approximate surface area is 93.8 Å². The monoisotopic (exact) mass is 218 g/mol. The lowest BCUT2D eigenvalue weighted by Gasteiger charge is -1.94. The number of aromatic amines is 1. The van der Waals surface area contributed by atoms with E-state index in [9.17, 15) is 0 Å². The third-order valence-electron chi connectivity index (χ3n) is 2.16. The predicted octanol–water partition coefficient (Wildman–Crippen LogP) is 3.02. The Balaban J connectivity index is 1.99. The Kier molecular flexibility index (Phi) is 3.45. The summed E-state index contributed by atoms with van der Waals surface area (Å²) in [6.45, 7) is 3.70. The zero-order valence-corrected chi connectivity index (χ0v) is 9.39. The topological polar surface area (TPSA) is 28.7 Å². The molecule has 78 valence electrons. The highest BCUT2D eigenvalue weighted by atomic mass is 32.2. The molecule has 0 saturated carbocycles. The second-order valence-corrected chi connectivity index (χ2v) is 4.46. The molecule has 1 heterocycles. The fourth-order valence-corrected chi connectivity index (χ4v) is 2.13. The third-order valence-corrected chi connectivity index (χ3v) is 3.12. The number of hydrogen-bond acceptors (Lipinski definition) is 2. The number of nitrogens with one attached hydrogen (secondary N) is 1. The van der Waals surface area contributed by atoms with Crippen LogP contribution in [0.3, 0.4) is 0 Å². The molecule has 1 N–H and O–H groups in total. The average molecular weight is 218 g/mol. The van der Waals surface area contributed by atoms with E-state index in [1.807, 2.05) is 36.0 Å². The van der Waals surface area contributed by atoms with Gasteiger partial charge in [0.25, 0.3) is 0 Å². The summed E-state index contributed by atoms with van der Waals surface area (Å²) >= 11 is 1.88. The van der Waals surface area contributed by atoms with E-state index in [-0.39, 0.29) is 0 Å². The molecule has 2 nitrogen and oxygen atoms in total. The Morgan fingerprint density at radius 1 is 1.40 bits per heavy atom. The number of hydrogen-bond donors (Lipinski definition) is 1. The maximum atomic E-state index is 4.52. The Bertz CT molecular complexity index is 415. The Morgan fingerprint density at radius 3 is 3.07 bits per heavy atom. The van der Waals surface area contributed by atoms with Crippen molar-refractivity contribution in [3.63, 3.8) is 0 Å². The number of thioether (sulfide) groups is 1. The first kappa shape index (κ1) is 10.3. The lowest BCUT2D eigenvalue weighted by atomic mass is 10.3. The third kappa shape index (κ3) is 2.63. The minimum Gasteiger partial charge on any atom is -0.342 e. The first-order valence-corrected chi connectivity index (χ1v) is 6.18. The van der Waals surface area contributed by atoms with Gasteiger partial charge < -0.3 is 4.98 Å². The van der Waals surface area contributed by atoms with Gasteiger partial charge >= 0.3 is 0 Å². The van der Waals surface area contributed by atoms with Crippen LogP contribution in [0.1, 0.15) is 5.82 Å². The summed E-state index contributed by atoms with van der Waals surface area (Å²) in [4.78, 5) is 7.84. The van der Waals surface area contributed by atoms with Gasteiger partial charge in [-0.15, -0.1) is 6.58 Å². The van der Waals surface area contributed by atoms with Crippen molar-refractivity contribution >= 4 is 22.8 Å². The van der Waals surface area contributed by atoms with Gasteiger partial charge in [0.1, 0.15) is 5.82 Å². The number of aromatic nitrogens is 2. The molecule has 0 aliphatic heterocycles. The van der Waals surface area contributed by atoms with E-state index < -0.39 is 0 Å². The molecule has 0 fully saturated rings. The molecule has 0 atom stereocenters. The van der Waals surface area contributed by atoms with Crippen molar-refractivity contribution in [2.75, 3.05) is 11.5 Å². The summed E-state index contributed by atoms with van der Waals surface area (Å²) in [7, 11) is 0. The number of H-pyrrole nitrogens is 1. The van der Waals surface area contributed by atoms with Crippen LogP contribution in [0.4, 0.5) is 0 Å². The molecule has 1 aromatic heterocycles. The van der Waals surface area contributed by atoms with Crippen LogP contribution in [0.5, 0.6) is 0 Å². The van der Waals surface area contributed by atoms with Crippen LogP contribution >= 0.6 is 11.8 Å². The summed E-state index contributed by atoms with van der Waals surface area (Å²) in [6.07, 6.45) is 2.93. The largest absolute Gasteiger partial charge is 0.342 e. The normalized spacial score (nSPS) is 10.7. The van der Waals surface area contributed by atoms with Gasteiger partial charge in [0.15, 0.2) is 0 Å². The quantitative estimate of drug-likeness (QED) is 0.617. The fourth-order valence-electron chi connectivity index (χ4n) is 1.46. The van der Waals surface area contributed by atoms with Crippen molar-refractivity contribution in [3.8, 4) is 0 Å². The molecule has 0 saturated heterocycles. The summed E-state index contributed by atoms with van der Waals surface area (Å²) in [5.74, 6) is 3.18. The van der Waals surface area contributed by atoms with Crippen molar-refractivity contribution in [2.45, 2.75) is 6.42 Å². The van der Waals surface area contributed by atoms with Gasteiger partial charge in [0.05, 0.1) is 11.0 Å². The van der Waals surface area contributed by atoms with Crippen LogP contribution < -0.4 is 0 Å². The first-order chi connectivity index (χ1) is 7.40. The number of benzene rings is 1. The van der Waals surface area contributed by atoms with Gasteiger partial charge in [0.2, 0.25) is 0 Å². The number of fused-ring (bicyclic) bond motifs is 1. The van der Waals surface area contributed by atoms with Crippen molar-refractivity contribution in [1.82, 2.24) is 9.97 Å². The van der Waals surface area contributed by atoms with Gasteiger partial charge in [-0.05, 0) is 12.1 Å². The van der Waals surface area contributed by atoms with Crippen molar-refractivity contribution < 1.29 is 0 Å². The highest BCUT2D eigenvalue weighted by Crippen LogP contribution is 2.12. The van der Waals surface area contributed by atoms with E-state index in [1.165, 1.54) is 0 Å². The highest BCUT2D eigenvalue weighted by Gasteiger charge is 2.00. The standard InChI is InChI=1S/C12H14N2S/c1-2-8-15-9-7-12-13-10-5-3-4-6-11(10)14-12/h2-6H,1,7-9H2,(H,13,14). The van der Waals surface area contributed by atoms with Gasteiger partial charge in [-0.3, -0.25) is 0 Å². The molecule has 1 aromatic carbocycles. The lowest BCUT2D eigenvalue weighted by molar-refractivity contribution is 1.01. The van der Waals surface area contributed by atoms with Crippen molar-refractivity contribution in [2.24, 2.45) is 0 Å². The maximum absolute atomic E-state index is 4.52. The van der Waals surface area contributed by atoms with Crippen LogP contribution in [0, 0.1) is 0 Å². The van der Waals surface area contributed by atoms with E-state index in [0.717, 1.165) is 34.8 Å². The Morgan fingerprint density at radius 2 is 2.27 bits per heavy atom. The van der Waals surface area contributed by atoms with Crippen LogP contribution in [-0.2, 0) is 6.42 Å². The molecule has 0 radical (unpaired) electrons. The molecule has 0 bridgehead atoms. The zero-order valence-electron chi connectivity index (χ0n) is 8.57. The minimum atomic E-state index is 0.993. The number of aryl methyl sites for hydroxylation is 1. The molecule has 0 aliphatic carbocycles. The molecule has 0 aliphatic rings. The van der Waals surface area contributed by atoms with E-state index in [1.54, 1.807) is 0 Å². The van der Waals surface area contributed by atoms with Gasteiger partial charge in [0, 0.05) is 17.9 Å². The molecular formula is C12H14N2S. The molecule has 0 amide bonds. The van der Waals surface area contributed by atoms with E-state index in [2.05, 4.69) is 22.6 Å². The van der Waals surface area contributed by atoms with E-state index in [0.29, 0.717) is 0 Å². The molecule has 0 spiro atoms. The summed E-state index contributed by atoms with van der Waals surface area (Å²) in [5.41, 5.74) is 2.18. The fraction of sp³-hybridized carbons (Fsp3) is 0.250. The SMILES string of the molecule is C=CCSCCc1nc2ccccc2[nH]1. The maximum Gasteiger partial charge on any atom is 0.108 e. The van der Waals surface area contributed by atoms with Crippen molar-refractivity contribution in [3.05, 3.63) is 42.7 Å². The summed E-state index contributed by atoms with van der Waals surface area (Å²) in [6, 6.07) is 8.13. The second-order valence-electron chi connectivity index (χ2n) is 3.31. The molecule has 15 heavy (non-hydrogen) atoms. The summed E-state index contributed by atoms with van der Waals surface area (Å²) < 4.78 is 0. The number of para-hydroxylation sites is 2. The summed E-state index contributed by atoms with van der Waals surface area (Å²) in [5, 5.41) is 0. The lowest BCUT2D eigenvalue weighted by Crippen LogP contribution is -1.91. The van der Waals surface area contributed by atoms with Crippen molar-refractivity contribution in [1.29, 1.82) is 0 Å². The van der Waals surface area contributed by atoms with Crippen LogP contribution in [0.25, 0.3) is 11.0 Å². The van der Waals surface area contributed by atoms with Gasteiger partial charge in [-0.25, -0.2) is 4.98 Å². The van der Waals surface area contributed by atoms with Crippen LogP contribution in [-0.4, -0.2) is 21.5 Å². The number of rotatable bonds is 5. The molecule has 0 unspecified atom stereocenters.